The minimum absolute atomic E-state index is 0.101. The quantitative estimate of drug-likeness (QED) is 0.351. The summed E-state index contributed by atoms with van der Waals surface area (Å²) < 4.78 is 11.0. The fourth-order valence-electron chi connectivity index (χ4n) is 2.83. The van der Waals surface area contributed by atoms with Crippen LogP contribution in [0.1, 0.15) is 16.1 Å². The van der Waals surface area contributed by atoms with Crippen molar-refractivity contribution in [2.75, 3.05) is 11.9 Å². The summed E-state index contributed by atoms with van der Waals surface area (Å²) in [5, 5.41) is 7.55. The number of benzene rings is 3. The van der Waals surface area contributed by atoms with Crippen molar-refractivity contribution in [1.29, 1.82) is 0 Å². The molecule has 0 saturated carbocycles. The molecule has 4 rings (SSSR count). The topological polar surface area (TPSA) is 92.9 Å². The maximum atomic E-state index is 12.2. The maximum Gasteiger partial charge on any atom is 0.307 e. The van der Waals surface area contributed by atoms with Crippen LogP contribution >= 0.6 is 0 Å². The van der Waals surface area contributed by atoms with Gasteiger partial charge < -0.3 is 14.5 Å². The van der Waals surface area contributed by atoms with Crippen LogP contribution in [-0.2, 0) is 4.79 Å². The average Bonchev–Trinajstić information content (AvgIpc) is 3.24. The zero-order valence-corrected chi connectivity index (χ0v) is 16.4. The first-order valence-corrected chi connectivity index (χ1v) is 9.57. The van der Waals surface area contributed by atoms with Gasteiger partial charge in [0.25, 0.3) is 5.91 Å². The molecular formula is C24H19N3O4. The van der Waals surface area contributed by atoms with Gasteiger partial charge in [0.1, 0.15) is 11.3 Å². The van der Waals surface area contributed by atoms with E-state index in [0.717, 1.165) is 10.9 Å². The molecule has 0 aliphatic carbocycles. The van der Waals surface area contributed by atoms with Crippen molar-refractivity contribution in [1.82, 2.24) is 5.43 Å². The van der Waals surface area contributed by atoms with Crippen LogP contribution < -0.4 is 15.5 Å². The van der Waals surface area contributed by atoms with Gasteiger partial charge in [0, 0.05) is 11.1 Å². The number of ether oxygens (including phenoxy) is 1. The van der Waals surface area contributed by atoms with Crippen molar-refractivity contribution in [2.24, 2.45) is 5.10 Å². The smallest absolute Gasteiger partial charge is 0.307 e. The standard InChI is InChI=1S/C24H19N3O4/c28-23(26-19-7-2-1-3-8-19)16-30-20-12-10-17(11-13-20)15-25-27-24(29)22-14-18-6-4-5-9-21(18)31-22/h1-15H,16H2,(H,26,28)(H,27,29)/b25-15-. The normalized spacial score (nSPS) is 10.8. The largest absolute Gasteiger partial charge is 0.484 e. The molecule has 0 fully saturated rings. The zero-order chi connectivity index (χ0) is 21.5. The Morgan fingerprint density at radius 1 is 0.935 bits per heavy atom. The van der Waals surface area contributed by atoms with E-state index in [2.05, 4.69) is 15.8 Å². The summed E-state index contributed by atoms with van der Waals surface area (Å²) in [5.41, 5.74) is 4.55. The summed E-state index contributed by atoms with van der Waals surface area (Å²) in [7, 11) is 0. The summed E-state index contributed by atoms with van der Waals surface area (Å²) in [6, 6.07) is 25.2. The first-order valence-electron chi connectivity index (χ1n) is 9.57. The molecule has 154 valence electrons. The van der Waals surface area contributed by atoms with E-state index in [9.17, 15) is 9.59 Å². The summed E-state index contributed by atoms with van der Waals surface area (Å²) in [6.45, 7) is -0.101. The molecule has 0 aliphatic rings. The van der Waals surface area contributed by atoms with Crippen molar-refractivity contribution in [3.8, 4) is 5.75 Å². The van der Waals surface area contributed by atoms with Crippen molar-refractivity contribution < 1.29 is 18.7 Å². The molecule has 0 saturated heterocycles. The van der Waals surface area contributed by atoms with Gasteiger partial charge in [-0.15, -0.1) is 0 Å². The van der Waals surface area contributed by atoms with Crippen LogP contribution in [0.15, 0.2) is 94.4 Å². The number of hydrogen-bond donors (Lipinski definition) is 2. The Kier molecular flexibility index (Phi) is 6.04. The number of nitrogens with one attached hydrogen (secondary N) is 2. The molecule has 0 atom stereocenters. The van der Waals surface area contributed by atoms with Crippen LogP contribution in [0.3, 0.4) is 0 Å². The number of hydrogen-bond acceptors (Lipinski definition) is 5. The number of para-hydroxylation sites is 2. The number of anilines is 1. The van der Waals surface area contributed by atoms with E-state index in [4.69, 9.17) is 9.15 Å². The van der Waals surface area contributed by atoms with E-state index in [-0.39, 0.29) is 18.3 Å². The number of carbonyl (C=O) groups excluding carboxylic acids is 2. The van der Waals surface area contributed by atoms with Crippen molar-refractivity contribution in [2.45, 2.75) is 0 Å². The Morgan fingerprint density at radius 2 is 1.68 bits per heavy atom. The second-order valence-corrected chi connectivity index (χ2v) is 6.62. The number of fused-ring (bicyclic) bond motifs is 1. The van der Waals surface area contributed by atoms with Crippen LogP contribution in [-0.4, -0.2) is 24.6 Å². The molecular weight excluding hydrogens is 394 g/mol. The van der Waals surface area contributed by atoms with E-state index in [0.29, 0.717) is 17.0 Å². The highest BCUT2D eigenvalue weighted by Crippen LogP contribution is 2.18. The highest BCUT2D eigenvalue weighted by Gasteiger charge is 2.10. The molecule has 3 aromatic carbocycles. The van der Waals surface area contributed by atoms with Gasteiger partial charge in [-0.3, -0.25) is 9.59 Å². The van der Waals surface area contributed by atoms with E-state index in [1.165, 1.54) is 6.21 Å². The Bertz CT molecular complexity index is 1180. The van der Waals surface area contributed by atoms with Crippen LogP contribution in [0, 0.1) is 0 Å². The van der Waals surface area contributed by atoms with Crippen LogP contribution in [0.5, 0.6) is 5.75 Å². The van der Waals surface area contributed by atoms with Gasteiger partial charge in [-0.05, 0) is 54.1 Å². The van der Waals surface area contributed by atoms with Crippen LogP contribution in [0.25, 0.3) is 11.0 Å². The van der Waals surface area contributed by atoms with E-state index < -0.39 is 5.91 Å². The molecule has 4 aromatic rings. The lowest BCUT2D eigenvalue weighted by Gasteiger charge is -2.07. The van der Waals surface area contributed by atoms with E-state index in [1.54, 1.807) is 48.5 Å². The number of rotatable bonds is 7. The number of carbonyl (C=O) groups is 2. The Hall–Kier alpha value is -4.39. The SMILES string of the molecule is O=C(COc1ccc(/C=N\NC(=O)c2cc3ccccc3o2)cc1)Nc1ccccc1. The monoisotopic (exact) mass is 413 g/mol. The number of furan rings is 1. The molecule has 7 heteroatoms. The Balaban J connectivity index is 1.26. The van der Waals surface area contributed by atoms with Gasteiger partial charge >= 0.3 is 5.91 Å². The predicted octanol–water partition coefficient (Wildman–Crippen LogP) is 4.21. The highest BCUT2D eigenvalue weighted by molar-refractivity contribution is 5.96. The lowest BCUT2D eigenvalue weighted by atomic mass is 10.2. The fraction of sp³-hybridized carbons (Fsp3) is 0.0417. The molecule has 1 heterocycles. The molecule has 2 N–H and O–H groups in total. The molecule has 1 aromatic heterocycles. The summed E-state index contributed by atoms with van der Waals surface area (Å²) in [4.78, 5) is 24.1. The third kappa shape index (κ3) is 5.36. The Labute approximate surface area is 178 Å². The van der Waals surface area contributed by atoms with E-state index in [1.807, 2.05) is 36.4 Å². The average molecular weight is 413 g/mol. The minimum atomic E-state index is -0.433. The third-order valence-electron chi connectivity index (χ3n) is 4.34. The van der Waals surface area contributed by atoms with Gasteiger partial charge in [0.05, 0.1) is 6.21 Å². The molecule has 2 amide bonds. The van der Waals surface area contributed by atoms with Crippen LogP contribution in [0.4, 0.5) is 5.69 Å². The second-order valence-electron chi connectivity index (χ2n) is 6.62. The molecule has 0 spiro atoms. The molecule has 0 bridgehead atoms. The number of nitrogens with zero attached hydrogens (tertiary/aromatic N) is 1. The fourth-order valence-corrected chi connectivity index (χ4v) is 2.83. The zero-order valence-electron chi connectivity index (χ0n) is 16.4. The highest BCUT2D eigenvalue weighted by atomic mass is 16.5. The lowest BCUT2D eigenvalue weighted by molar-refractivity contribution is -0.118. The van der Waals surface area contributed by atoms with Gasteiger partial charge in [-0.25, -0.2) is 5.43 Å². The Morgan fingerprint density at radius 3 is 2.45 bits per heavy atom. The summed E-state index contributed by atoms with van der Waals surface area (Å²) in [6.07, 6.45) is 1.51. The third-order valence-corrected chi connectivity index (χ3v) is 4.34. The van der Waals surface area contributed by atoms with Gasteiger partial charge in [-0.2, -0.15) is 5.10 Å². The summed E-state index contributed by atoms with van der Waals surface area (Å²) >= 11 is 0. The predicted molar refractivity (Wildman–Crippen MR) is 118 cm³/mol. The molecule has 7 nitrogen and oxygen atoms in total. The number of hydrazone groups is 1. The first kappa shape index (κ1) is 19.9. The maximum absolute atomic E-state index is 12.2. The molecule has 0 radical (unpaired) electrons. The molecule has 31 heavy (non-hydrogen) atoms. The van der Waals surface area contributed by atoms with Gasteiger partial charge in [0.2, 0.25) is 0 Å². The van der Waals surface area contributed by atoms with Crippen molar-refractivity contribution in [3.63, 3.8) is 0 Å². The van der Waals surface area contributed by atoms with Crippen molar-refractivity contribution >= 4 is 34.7 Å². The van der Waals surface area contributed by atoms with E-state index >= 15 is 0 Å². The minimum Gasteiger partial charge on any atom is -0.484 e. The summed E-state index contributed by atoms with van der Waals surface area (Å²) in [5.74, 6) is 0.0597. The molecule has 0 unspecified atom stereocenters. The van der Waals surface area contributed by atoms with Crippen LogP contribution in [0.2, 0.25) is 0 Å². The molecule has 0 aliphatic heterocycles. The van der Waals surface area contributed by atoms with Gasteiger partial charge in [0.15, 0.2) is 12.4 Å². The number of amides is 2. The first-order chi connectivity index (χ1) is 15.2. The van der Waals surface area contributed by atoms with Gasteiger partial charge in [-0.1, -0.05) is 36.4 Å². The second kappa shape index (κ2) is 9.41. The van der Waals surface area contributed by atoms with Crippen molar-refractivity contribution in [3.05, 3.63) is 96.3 Å². The lowest BCUT2D eigenvalue weighted by Crippen LogP contribution is -2.20.